The Labute approximate surface area is 117 Å². The third-order valence-corrected chi connectivity index (χ3v) is 5.71. The monoisotopic (exact) mass is 296 g/mol. The summed E-state index contributed by atoms with van der Waals surface area (Å²) < 4.78 is 23.2. The lowest BCUT2D eigenvalue weighted by atomic mass is 9.98. The second-order valence-electron chi connectivity index (χ2n) is 5.50. The predicted octanol–water partition coefficient (Wildman–Crippen LogP) is 0.917. The molecule has 0 aromatic rings. The van der Waals surface area contributed by atoms with Crippen molar-refractivity contribution in [2.45, 2.75) is 32.2 Å². The molecule has 0 bridgehead atoms. The summed E-state index contributed by atoms with van der Waals surface area (Å²) in [5.41, 5.74) is 0. The van der Waals surface area contributed by atoms with Gasteiger partial charge in [0.05, 0.1) is 11.5 Å². The molecule has 18 heavy (non-hydrogen) atoms. The number of rotatable bonds is 2. The Hall–Kier alpha value is 0.160. The van der Waals surface area contributed by atoms with Crippen LogP contribution >= 0.6 is 12.4 Å². The van der Waals surface area contributed by atoms with E-state index < -0.39 is 9.84 Å². The van der Waals surface area contributed by atoms with Crippen LogP contribution in [0.15, 0.2) is 0 Å². The van der Waals surface area contributed by atoms with E-state index in [1.54, 1.807) is 0 Å². The largest absolute Gasteiger partial charge is 0.316 e. The number of hydrogen-bond donors (Lipinski definition) is 1. The fourth-order valence-electron chi connectivity index (χ4n) is 2.79. The summed E-state index contributed by atoms with van der Waals surface area (Å²) in [6.45, 7) is 6.18. The van der Waals surface area contributed by atoms with Crippen molar-refractivity contribution >= 4 is 22.2 Å². The van der Waals surface area contributed by atoms with E-state index in [0.29, 0.717) is 23.5 Å². The highest BCUT2D eigenvalue weighted by molar-refractivity contribution is 7.91. The average molecular weight is 297 g/mol. The van der Waals surface area contributed by atoms with E-state index in [0.717, 1.165) is 32.6 Å². The van der Waals surface area contributed by atoms with Crippen molar-refractivity contribution in [1.82, 2.24) is 10.2 Å². The van der Waals surface area contributed by atoms with Crippen LogP contribution < -0.4 is 5.32 Å². The normalized spacial score (nSPS) is 33.4. The summed E-state index contributed by atoms with van der Waals surface area (Å²) in [6.07, 6.45) is 3.33. The molecular formula is C12H25ClN2O2S. The molecule has 2 aliphatic rings. The van der Waals surface area contributed by atoms with E-state index in [9.17, 15) is 8.42 Å². The molecule has 0 radical (unpaired) electrons. The lowest BCUT2D eigenvalue weighted by Gasteiger charge is -2.32. The quantitative estimate of drug-likeness (QED) is 0.823. The van der Waals surface area contributed by atoms with E-state index in [4.69, 9.17) is 0 Å². The third kappa shape index (κ3) is 4.68. The lowest BCUT2D eigenvalue weighted by molar-refractivity contribution is 0.171. The van der Waals surface area contributed by atoms with Crippen LogP contribution in [0.2, 0.25) is 0 Å². The Kier molecular flexibility index (Phi) is 6.38. The molecular weight excluding hydrogens is 272 g/mol. The maximum absolute atomic E-state index is 11.6. The Morgan fingerprint density at radius 3 is 2.72 bits per heavy atom. The van der Waals surface area contributed by atoms with Crippen LogP contribution in [0.3, 0.4) is 0 Å². The Morgan fingerprint density at radius 1 is 1.28 bits per heavy atom. The summed E-state index contributed by atoms with van der Waals surface area (Å²) >= 11 is 0. The van der Waals surface area contributed by atoms with Gasteiger partial charge >= 0.3 is 0 Å². The van der Waals surface area contributed by atoms with Gasteiger partial charge in [0.1, 0.15) is 0 Å². The zero-order valence-corrected chi connectivity index (χ0v) is 12.7. The van der Waals surface area contributed by atoms with Crippen molar-refractivity contribution in [3.8, 4) is 0 Å². The molecule has 4 nitrogen and oxygen atoms in total. The van der Waals surface area contributed by atoms with Crippen LogP contribution in [0.25, 0.3) is 0 Å². The van der Waals surface area contributed by atoms with Crippen molar-refractivity contribution in [3.05, 3.63) is 0 Å². The molecule has 0 saturated carbocycles. The first kappa shape index (κ1) is 16.2. The summed E-state index contributed by atoms with van der Waals surface area (Å²) in [6, 6.07) is 0.411. The van der Waals surface area contributed by atoms with Gasteiger partial charge in [-0.1, -0.05) is 0 Å². The summed E-state index contributed by atoms with van der Waals surface area (Å²) in [7, 11) is -2.78. The van der Waals surface area contributed by atoms with Gasteiger partial charge in [-0.3, -0.25) is 4.90 Å². The number of nitrogens with zero attached hydrogens (tertiary/aromatic N) is 1. The molecule has 2 rings (SSSR count). The van der Waals surface area contributed by atoms with E-state index in [1.165, 1.54) is 12.8 Å². The van der Waals surface area contributed by atoms with Crippen molar-refractivity contribution in [2.24, 2.45) is 5.92 Å². The molecule has 0 aliphatic carbocycles. The molecule has 2 saturated heterocycles. The summed E-state index contributed by atoms with van der Waals surface area (Å²) in [5, 5.41) is 3.43. The predicted molar refractivity (Wildman–Crippen MR) is 77.1 cm³/mol. The van der Waals surface area contributed by atoms with Gasteiger partial charge in [0.25, 0.3) is 0 Å². The molecule has 6 heteroatoms. The zero-order chi connectivity index (χ0) is 12.3. The molecule has 2 heterocycles. The summed E-state index contributed by atoms with van der Waals surface area (Å²) in [4.78, 5) is 2.38. The van der Waals surface area contributed by atoms with E-state index in [-0.39, 0.29) is 12.4 Å². The van der Waals surface area contributed by atoms with E-state index in [1.807, 2.05) is 0 Å². The van der Waals surface area contributed by atoms with Crippen molar-refractivity contribution in [1.29, 1.82) is 0 Å². The number of nitrogens with one attached hydrogen (secondary N) is 1. The number of sulfone groups is 1. The van der Waals surface area contributed by atoms with Crippen LogP contribution in [-0.4, -0.2) is 57.0 Å². The van der Waals surface area contributed by atoms with Crippen molar-refractivity contribution in [2.75, 3.05) is 37.7 Å². The van der Waals surface area contributed by atoms with Gasteiger partial charge in [0, 0.05) is 19.1 Å². The Balaban J connectivity index is 0.00000162. The fourth-order valence-corrected chi connectivity index (χ4v) is 4.21. The van der Waals surface area contributed by atoms with Gasteiger partial charge in [-0.2, -0.15) is 0 Å². The highest BCUT2D eigenvalue weighted by Crippen LogP contribution is 2.17. The van der Waals surface area contributed by atoms with Crippen LogP contribution in [0.4, 0.5) is 0 Å². The highest BCUT2D eigenvalue weighted by atomic mass is 35.5. The Morgan fingerprint density at radius 2 is 2.06 bits per heavy atom. The van der Waals surface area contributed by atoms with Gasteiger partial charge in [-0.25, -0.2) is 8.42 Å². The fraction of sp³-hybridized carbons (Fsp3) is 1.00. The Bertz CT molecular complexity index is 342. The molecule has 0 amide bonds. The SMILES string of the molecule is CC1CCS(=O)(=O)CCN1CC1CCCNC1.Cl. The van der Waals surface area contributed by atoms with Gasteiger partial charge < -0.3 is 5.32 Å². The first-order valence-corrected chi connectivity index (χ1v) is 8.54. The molecule has 2 aliphatic heterocycles. The average Bonchev–Trinajstić information content (AvgIpc) is 2.44. The number of hydrogen-bond acceptors (Lipinski definition) is 4. The van der Waals surface area contributed by atoms with Crippen LogP contribution in [0, 0.1) is 5.92 Å². The number of piperidine rings is 1. The second-order valence-corrected chi connectivity index (χ2v) is 7.80. The second kappa shape index (κ2) is 7.08. The van der Waals surface area contributed by atoms with E-state index in [2.05, 4.69) is 17.1 Å². The topological polar surface area (TPSA) is 49.4 Å². The van der Waals surface area contributed by atoms with Crippen LogP contribution in [0.1, 0.15) is 26.2 Å². The maximum Gasteiger partial charge on any atom is 0.151 e. The molecule has 2 unspecified atom stereocenters. The highest BCUT2D eigenvalue weighted by Gasteiger charge is 2.26. The van der Waals surface area contributed by atoms with Gasteiger partial charge in [0.15, 0.2) is 9.84 Å². The van der Waals surface area contributed by atoms with Crippen LogP contribution in [-0.2, 0) is 9.84 Å². The van der Waals surface area contributed by atoms with Gasteiger partial charge in [-0.15, -0.1) is 12.4 Å². The van der Waals surface area contributed by atoms with E-state index >= 15 is 0 Å². The molecule has 2 fully saturated rings. The zero-order valence-electron chi connectivity index (χ0n) is 11.1. The first-order valence-electron chi connectivity index (χ1n) is 6.72. The first-order chi connectivity index (χ1) is 8.07. The smallest absolute Gasteiger partial charge is 0.151 e. The lowest BCUT2D eigenvalue weighted by Crippen LogP contribution is -2.42. The molecule has 1 N–H and O–H groups in total. The molecule has 2 atom stereocenters. The molecule has 0 aromatic carbocycles. The van der Waals surface area contributed by atoms with Gasteiger partial charge in [0.2, 0.25) is 0 Å². The van der Waals surface area contributed by atoms with Crippen molar-refractivity contribution in [3.63, 3.8) is 0 Å². The molecule has 108 valence electrons. The maximum atomic E-state index is 11.6. The third-order valence-electron chi connectivity index (χ3n) is 4.05. The standard InChI is InChI=1S/C12H24N2O2S.ClH/c1-11-4-7-17(15,16)8-6-14(11)10-12-3-2-5-13-9-12;/h11-13H,2-10H2,1H3;1H. The number of halogens is 1. The van der Waals surface area contributed by atoms with Crippen molar-refractivity contribution < 1.29 is 8.42 Å². The minimum Gasteiger partial charge on any atom is -0.316 e. The van der Waals surface area contributed by atoms with Crippen LogP contribution in [0.5, 0.6) is 0 Å². The minimum atomic E-state index is -2.78. The minimum absolute atomic E-state index is 0. The molecule has 0 spiro atoms. The molecule has 0 aromatic heterocycles. The van der Waals surface area contributed by atoms with Gasteiger partial charge in [-0.05, 0) is 45.2 Å². The summed E-state index contributed by atoms with van der Waals surface area (Å²) in [5.74, 6) is 1.41.